The summed E-state index contributed by atoms with van der Waals surface area (Å²) in [7, 11) is 0. The maximum atomic E-state index is 12.6. The summed E-state index contributed by atoms with van der Waals surface area (Å²) in [5.41, 5.74) is 2.66. The highest BCUT2D eigenvalue weighted by Crippen LogP contribution is 2.24. The third-order valence-corrected chi connectivity index (χ3v) is 1.32. The van der Waals surface area contributed by atoms with Gasteiger partial charge in [-0.05, 0) is 26.3 Å². The summed E-state index contributed by atoms with van der Waals surface area (Å²) in [5, 5.41) is 0. The number of halogens is 3. The molecule has 0 saturated carbocycles. The molecule has 0 amide bonds. The normalized spacial score (nSPS) is 17.4. The van der Waals surface area contributed by atoms with Gasteiger partial charge in [0, 0.05) is 0 Å². The smallest absolute Gasteiger partial charge is 0.271 e. The predicted octanol–water partition coefficient (Wildman–Crippen LogP) is 1.72. The van der Waals surface area contributed by atoms with Crippen LogP contribution < -0.4 is 5.73 Å². The Bertz CT molecular complexity index is 93.0. The largest absolute Gasteiger partial charge is 0.330 e. The average molecular weight is 155 g/mol. The molecule has 62 valence electrons. The van der Waals surface area contributed by atoms with E-state index >= 15 is 0 Å². The molecular weight excluding hydrogens is 143 g/mol. The van der Waals surface area contributed by atoms with Gasteiger partial charge >= 0.3 is 0 Å². The summed E-state index contributed by atoms with van der Waals surface area (Å²) in [6.07, 6.45) is -2.77. The molecule has 0 aliphatic heterocycles. The Morgan fingerprint density at radius 3 is 2.30 bits per heavy atom. The minimum Gasteiger partial charge on any atom is -0.330 e. The van der Waals surface area contributed by atoms with E-state index in [1.807, 2.05) is 0 Å². The summed E-state index contributed by atoms with van der Waals surface area (Å²) in [5.74, 6) is 0. The second kappa shape index (κ2) is 3.81. The molecule has 1 atom stereocenters. The molecule has 0 fully saturated rings. The van der Waals surface area contributed by atoms with Crippen LogP contribution in [0.5, 0.6) is 0 Å². The molecule has 0 aromatic heterocycles. The average Bonchev–Trinajstić information content (AvgIpc) is 1.84. The lowest BCUT2D eigenvalue weighted by Crippen LogP contribution is -2.28. The quantitative estimate of drug-likeness (QED) is 0.657. The molecule has 1 nitrogen and oxygen atoms in total. The van der Waals surface area contributed by atoms with Crippen molar-refractivity contribution in [2.45, 2.75) is 31.9 Å². The molecule has 0 aromatic rings. The lowest BCUT2D eigenvalue weighted by molar-refractivity contribution is -0.0280. The summed E-state index contributed by atoms with van der Waals surface area (Å²) in [4.78, 5) is 0. The molecule has 0 saturated heterocycles. The lowest BCUT2D eigenvalue weighted by atomic mass is 10.0. The van der Waals surface area contributed by atoms with Crippen molar-refractivity contribution in [1.82, 2.24) is 0 Å². The Kier molecular flexibility index (Phi) is 3.71. The van der Waals surface area contributed by atoms with Crippen LogP contribution >= 0.6 is 0 Å². The van der Waals surface area contributed by atoms with E-state index in [-0.39, 0.29) is 13.0 Å². The fourth-order valence-electron chi connectivity index (χ4n) is 0.557. The number of alkyl halides is 3. The van der Waals surface area contributed by atoms with Crippen molar-refractivity contribution in [2.24, 2.45) is 5.73 Å². The van der Waals surface area contributed by atoms with E-state index < -0.39 is 12.1 Å². The zero-order valence-corrected chi connectivity index (χ0v) is 5.91. The van der Waals surface area contributed by atoms with Gasteiger partial charge in [0.05, 0.1) is 0 Å². The monoisotopic (exact) mass is 155 g/mol. The molecule has 0 bridgehead atoms. The molecule has 1 unspecified atom stereocenters. The Balaban J connectivity index is 3.63. The second-order valence-electron chi connectivity index (χ2n) is 2.47. The van der Waals surface area contributed by atoms with Crippen molar-refractivity contribution in [2.75, 3.05) is 6.54 Å². The predicted molar refractivity (Wildman–Crippen MR) is 33.8 cm³/mol. The van der Waals surface area contributed by atoms with E-state index in [0.717, 1.165) is 6.92 Å². The molecule has 0 aromatic carbocycles. The van der Waals surface area contributed by atoms with Crippen LogP contribution in [0.1, 0.15) is 19.8 Å². The summed E-state index contributed by atoms with van der Waals surface area (Å²) in [6, 6.07) is 0. The number of hydrogen-bond acceptors (Lipinski definition) is 1. The first-order chi connectivity index (χ1) is 4.50. The maximum Gasteiger partial charge on any atom is 0.271 e. The fraction of sp³-hybridized carbons (Fsp3) is 1.00. The van der Waals surface area contributed by atoms with E-state index in [2.05, 4.69) is 0 Å². The third-order valence-electron chi connectivity index (χ3n) is 1.32. The van der Waals surface area contributed by atoms with Crippen LogP contribution in [0.3, 0.4) is 0 Å². The standard InChI is InChI=1S/C6H12F3N/c1-6(9,5(7)8)3-2-4-10/h5H,2-4,10H2,1H3. The Morgan fingerprint density at radius 1 is 1.50 bits per heavy atom. The van der Waals surface area contributed by atoms with E-state index in [1.54, 1.807) is 0 Å². The molecule has 0 rings (SSSR count). The van der Waals surface area contributed by atoms with Crippen molar-refractivity contribution in [1.29, 1.82) is 0 Å². The number of rotatable bonds is 4. The molecular formula is C6H12F3N. The molecule has 0 spiro atoms. The van der Waals surface area contributed by atoms with Crippen LogP contribution in [0.2, 0.25) is 0 Å². The molecule has 10 heavy (non-hydrogen) atoms. The van der Waals surface area contributed by atoms with Crippen LogP contribution in [0.25, 0.3) is 0 Å². The van der Waals surface area contributed by atoms with Gasteiger partial charge in [-0.3, -0.25) is 0 Å². The number of hydrogen-bond donors (Lipinski definition) is 1. The van der Waals surface area contributed by atoms with Crippen LogP contribution in [-0.2, 0) is 0 Å². The maximum absolute atomic E-state index is 12.6. The second-order valence-corrected chi connectivity index (χ2v) is 2.47. The first-order valence-electron chi connectivity index (χ1n) is 3.18. The van der Waals surface area contributed by atoms with E-state index in [4.69, 9.17) is 5.73 Å². The zero-order valence-electron chi connectivity index (χ0n) is 5.91. The van der Waals surface area contributed by atoms with Gasteiger partial charge in [0.25, 0.3) is 6.43 Å². The first kappa shape index (κ1) is 9.75. The fourth-order valence-corrected chi connectivity index (χ4v) is 0.557. The minimum atomic E-state index is -2.90. The SMILES string of the molecule is CC(F)(CCCN)C(F)F. The molecule has 0 heterocycles. The van der Waals surface area contributed by atoms with Gasteiger partial charge in [0.15, 0.2) is 5.67 Å². The van der Waals surface area contributed by atoms with Gasteiger partial charge in [-0.2, -0.15) is 0 Å². The van der Waals surface area contributed by atoms with Crippen LogP contribution in [-0.4, -0.2) is 18.6 Å². The minimum absolute atomic E-state index is 0.166. The van der Waals surface area contributed by atoms with Crippen molar-refractivity contribution in [3.05, 3.63) is 0 Å². The Morgan fingerprint density at radius 2 is 2.00 bits per heavy atom. The van der Waals surface area contributed by atoms with E-state index in [1.165, 1.54) is 0 Å². The van der Waals surface area contributed by atoms with Crippen molar-refractivity contribution in [3.8, 4) is 0 Å². The zero-order chi connectivity index (χ0) is 8.20. The van der Waals surface area contributed by atoms with Crippen molar-refractivity contribution in [3.63, 3.8) is 0 Å². The molecule has 2 N–H and O–H groups in total. The van der Waals surface area contributed by atoms with Gasteiger partial charge in [-0.25, -0.2) is 13.2 Å². The van der Waals surface area contributed by atoms with E-state index in [9.17, 15) is 13.2 Å². The lowest BCUT2D eigenvalue weighted by Gasteiger charge is -2.17. The summed E-state index contributed by atoms with van der Waals surface area (Å²) < 4.78 is 36.0. The Hall–Kier alpha value is -0.250. The molecule has 0 aliphatic rings. The molecule has 0 aliphatic carbocycles. The van der Waals surface area contributed by atoms with Gasteiger partial charge in [0.1, 0.15) is 0 Å². The molecule has 0 radical (unpaired) electrons. The van der Waals surface area contributed by atoms with Crippen LogP contribution in [0, 0.1) is 0 Å². The van der Waals surface area contributed by atoms with Crippen molar-refractivity contribution >= 4 is 0 Å². The van der Waals surface area contributed by atoms with Crippen LogP contribution in [0.4, 0.5) is 13.2 Å². The van der Waals surface area contributed by atoms with Crippen molar-refractivity contribution < 1.29 is 13.2 Å². The molecule has 4 heteroatoms. The summed E-state index contributed by atoms with van der Waals surface area (Å²) in [6.45, 7) is 1.15. The van der Waals surface area contributed by atoms with Gasteiger partial charge < -0.3 is 5.73 Å². The topological polar surface area (TPSA) is 26.0 Å². The highest BCUT2D eigenvalue weighted by molar-refractivity contribution is 4.75. The van der Waals surface area contributed by atoms with Gasteiger partial charge in [0.2, 0.25) is 0 Å². The third kappa shape index (κ3) is 3.06. The highest BCUT2D eigenvalue weighted by Gasteiger charge is 2.33. The highest BCUT2D eigenvalue weighted by atomic mass is 19.3. The van der Waals surface area contributed by atoms with Gasteiger partial charge in [-0.15, -0.1) is 0 Å². The first-order valence-corrected chi connectivity index (χ1v) is 3.18. The Labute approximate surface area is 58.4 Å². The van der Waals surface area contributed by atoms with Gasteiger partial charge in [-0.1, -0.05) is 0 Å². The van der Waals surface area contributed by atoms with Crippen LogP contribution in [0.15, 0.2) is 0 Å². The summed E-state index contributed by atoms with van der Waals surface area (Å²) >= 11 is 0. The van der Waals surface area contributed by atoms with E-state index in [0.29, 0.717) is 6.42 Å². The number of nitrogens with two attached hydrogens (primary N) is 1.